The van der Waals surface area contributed by atoms with Crippen molar-refractivity contribution in [3.63, 3.8) is 0 Å². The van der Waals surface area contributed by atoms with Crippen LogP contribution in [0.2, 0.25) is 0 Å². The molecule has 0 fully saturated rings. The van der Waals surface area contributed by atoms with Crippen LogP contribution < -0.4 is 9.47 Å². The summed E-state index contributed by atoms with van der Waals surface area (Å²) in [6.45, 7) is 2.18. The number of methoxy groups -OCH3 is 2. The summed E-state index contributed by atoms with van der Waals surface area (Å²) in [5, 5.41) is 0. The molecule has 0 N–H and O–H groups in total. The van der Waals surface area contributed by atoms with E-state index in [2.05, 4.69) is 6.92 Å². The molecule has 0 aliphatic rings. The van der Waals surface area contributed by atoms with Crippen LogP contribution in [-0.2, 0) is 6.42 Å². The van der Waals surface area contributed by atoms with Gasteiger partial charge in [-0.2, -0.15) is 0 Å². The second-order valence-corrected chi connectivity index (χ2v) is 5.21. The average Bonchev–Trinajstić information content (AvgIpc) is 2.53. The van der Waals surface area contributed by atoms with E-state index in [-0.39, 0.29) is 5.82 Å². The molecule has 0 aliphatic heterocycles. The second-order valence-electron chi connectivity index (χ2n) is 5.21. The Labute approximate surface area is 125 Å². The van der Waals surface area contributed by atoms with Crippen molar-refractivity contribution in [2.24, 2.45) is 0 Å². The van der Waals surface area contributed by atoms with Gasteiger partial charge in [-0.15, -0.1) is 0 Å². The summed E-state index contributed by atoms with van der Waals surface area (Å²) >= 11 is 0. The molecule has 0 radical (unpaired) electrons. The summed E-state index contributed by atoms with van der Waals surface area (Å²) in [7, 11) is 3.31. The molecule has 1 atom stereocenters. The first-order chi connectivity index (χ1) is 10.1. The van der Waals surface area contributed by atoms with E-state index in [1.165, 1.54) is 17.7 Å². The lowest BCUT2D eigenvalue weighted by Gasteiger charge is -2.15. The zero-order valence-electron chi connectivity index (χ0n) is 12.7. The number of hydrogen-bond acceptors (Lipinski definition) is 2. The molecule has 0 unspecified atom stereocenters. The second kappa shape index (κ2) is 7.11. The molecule has 112 valence electrons. The van der Waals surface area contributed by atoms with E-state index in [0.29, 0.717) is 5.92 Å². The van der Waals surface area contributed by atoms with Gasteiger partial charge < -0.3 is 9.47 Å². The highest BCUT2D eigenvalue weighted by atomic mass is 19.1. The van der Waals surface area contributed by atoms with Crippen LogP contribution in [0.15, 0.2) is 42.5 Å². The Morgan fingerprint density at radius 1 is 0.952 bits per heavy atom. The minimum absolute atomic E-state index is 0.190. The molecule has 21 heavy (non-hydrogen) atoms. The maximum Gasteiger partial charge on any atom is 0.123 e. The summed E-state index contributed by atoms with van der Waals surface area (Å²) in [5.41, 5.74) is 2.34. The van der Waals surface area contributed by atoms with Crippen LogP contribution in [0.4, 0.5) is 4.39 Å². The molecule has 0 saturated heterocycles. The number of hydrogen-bond donors (Lipinski definition) is 0. The van der Waals surface area contributed by atoms with Crippen molar-refractivity contribution in [2.75, 3.05) is 14.2 Å². The van der Waals surface area contributed by atoms with Crippen LogP contribution in [0.25, 0.3) is 0 Å². The third kappa shape index (κ3) is 4.22. The summed E-state index contributed by atoms with van der Waals surface area (Å²) in [5.74, 6) is 1.79. The van der Waals surface area contributed by atoms with Crippen molar-refractivity contribution < 1.29 is 13.9 Å². The van der Waals surface area contributed by atoms with Crippen LogP contribution in [0.5, 0.6) is 11.5 Å². The van der Waals surface area contributed by atoms with Gasteiger partial charge >= 0.3 is 0 Å². The summed E-state index contributed by atoms with van der Waals surface area (Å²) < 4.78 is 23.5. The molecule has 0 bridgehead atoms. The Balaban J connectivity index is 2.05. The van der Waals surface area contributed by atoms with Crippen LogP contribution in [-0.4, -0.2) is 14.2 Å². The predicted molar refractivity (Wildman–Crippen MR) is 82.7 cm³/mol. The average molecular weight is 288 g/mol. The maximum absolute atomic E-state index is 12.9. The highest BCUT2D eigenvalue weighted by molar-refractivity contribution is 5.39. The number of ether oxygens (including phenoxy) is 2. The number of benzene rings is 2. The zero-order chi connectivity index (χ0) is 15.2. The zero-order valence-corrected chi connectivity index (χ0v) is 12.7. The van der Waals surface area contributed by atoms with Gasteiger partial charge in [0.2, 0.25) is 0 Å². The fourth-order valence-corrected chi connectivity index (χ4v) is 2.31. The van der Waals surface area contributed by atoms with Crippen LogP contribution in [0.1, 0.15) is 30.4 Å². The van der Waals surface area contributed by atoms with Gasteiger partial charge in [-0.3, -0.25) is 0 Å². The SMILES string of the molecule is COc1cc(OC)cc([C@@H](C)CCc2ccc(F)cc2)c1. The lowest BCUT2D eigenvalue weighted by Crippen LogP contribution is -1.98. The van der Waals surface area contributed by atoms with E-state index in [0.717, 1.165) is 29.9 Å². The highest BCUT2D eigenvalue weighted by Crippen LogP contribution is 2.29. The maximum atomic E-state index is 12.9. The number of halogens is 1. The first-order valence-corrected chi connectivity index (χ1v) is 7.09. The summed E-state index contributed by atoms with van der Waals surface area (Å²) in [6, 6.07) is 12.7. The summed E-state index contributed by atoms with van der Waals surface area (Å²) in [6.07, 6.45) is 1.91. The number of aryl methyl sites for hydroxylation is 1. The van der Waals surface area contributed by atoms with Crippen LogP contribution >= 0.6 is 0 Å². The van der Waals surface area contributed by atoms with Gasteiger partial charge in [0.05, 0.1) is 14.2 Å². The Hall–Kier alpha value is -2.03. The minimum atomic E-state index is -0.190. The topological polar surface area (TPSA) is 18.5 Å². The molecule has 3 heteroatoms. The highest BCUT2D eigenvalue weighted by Gasteiger charge is 2.10. The van der Waals surface area contributed by atoms with Gasteiger partial charge in [-0.1, -0.05) is 19.1 Å². The number of rotatable bonds is 6. The van der Waals surface area contributed by atoms with Gasteiger partial charge in [0, 0.05) is 6.07 Å². The van der Waals surface area contributed by atoms with E-state index in [1.807, 2.05) is 30.3 Å². The fourth-order valence-electron chi connectivity index (χ4n) is 2.31. The molecule has 2 aromatic carbocycles. The van der Waals surface area contributed by atoms with Crippen molar-refractivity contribution in [2.45, 2.75) is 25.7 Å². The molecule has 0 amide bonds. The quantitative estimate of drug-likeness (QED) is 0.774. The van der Waals surface area contributed by atoms with Crippen molar-refractivity contribution in [1.29, 1.82) is 0 Å². The van der Waals surface area contributed by atoms with Gasteiger partial charge in [0.1, 0.15) is 17.3 Å². The van der Waals surface area contributed by atoms with Crippen molar-refractivity contribution in [3.05, 3.63) is 59.4 Å². The Morgan fingerprint density at radius 2 is 1.52 bits per heavy atom. The normalized spacial score (nSPS) is 12.0. The molecule has 0 aromatic heterocycles. The largest absolute Gasteiger partial charge is 0.497 e. The van der Waals surface area contributed by atoms with Gasteiger partial charge in [0.25, 0.3) is 0 Å². The molecule has 0 aliphatic carbocycles. The lowest BCUT2D eigenvalue weighted by atomic mass is 9.93. The van der Waals surface area contributed by atoms with E-state index in [1.54, 1.807) is 14.2 Å². The Morgan fingerprint density at radius 3 is 2.05 bits per heavy atom. The van der Waals surface area contributed by atoms with Crippen LogP contribution in [0.3, 0.4) is 0 Å². The van der Waals surface area contributed by atoms with E-state index in [4.69, 9.17) is 9.47 Å². The first-order valence-electron chi connectivity index (χ1n) is 7.09. The van der Waals surface area contributed by atoms with Gasteiger partial charge in [0.15, 0.2) is 0 Å². The molecule has 2 nitrogen and oxygen atoms in total. The van der Waals surface area contributed by atoms with Crippen molar-refractivity contribution in [1.82, 2.24) is 0 Å². The summed E-state index contributed by atoms with van der Waals surface area (Å²) in [4.78, 5) is 0. The predicted octanol–water partition coefficient (Wildman–Crippen LogP) is 4.58. The van der Waals surface area contributed by atoms with Crippen molar-refractivity contribution >= 4 is 0 Å². The standard InChI is InChI=1S/C18H21FO2/c1-13(4-5-14-6-8-16(19)9-7-14)15-10-17(20-2)12-18(11-15)21-3/h6-13H,4-5H2,1-3H3/t13-/m0/s1. The molecule has 2 rings (SSSR count). The Bertz CT molecular complexity index is 556. The molecular weight excluding hydrogens is 267 g/mol. The third-order valence-electron chi connectivity index (χ3n) is 3.72. The first kappa shape index (κ1) is 15.4. The van der Waals surface area contributed by atoms with E-state index in [9.17, 15) is 4.39 Å². The Kier molecular flexibility index (Phi) is 5.20. The molecular formula is C18H21FO2. The molecule has 0 saturated carbocycles. The minimum Gasteiger partial charge on any atom is -0.497 e. The monoisotopic (exact) mass is 288 g/mol. The molecule has 0 spiro atoms. The lowest BCUT2D eigenvalue weighted by molar-refractivity contribution is 0.392. The van der Waals surface area contributed by atoms with Crippen LogP contribution in [0, 0.1) is 5.82 Å². The molecule has 2 aromatic rings. The third-order valence-corrected chi connectivity index (χ3v) is 3.72. The molecule has 0 heterocycles. The van der Waals surface area contributed by atoms with E-state index < -0.39 is 0 Å². The fraction of sp³-hybridized carbons (Fsp3) is 0.333. The van der Waals surface area contributed by atoms with E-state index >= 15 is 0 Å². The van der Waals surface area contributed by atoms with Gasteiger partial charge in [-0.25, -0.2) is 4.39 Å². The van der Waals surface area contributed by atoms with Gasteiger partial charge in [-0.05, 0) is 54.2 Å². The van der Waals surface area contributed by atoms with Crippen molar-refractivity contribution in [3.8, 4) is 11.5 Å². The smallest absolute Gasteiger partial charge is 0.123 e.